The molecule has 0 spiro atoms. The molecule has 78 valence electrons. The van der Waals surface area contributed by atoms with Crippen molar-refractivity contribution >= 4 is 6.01 Å². The predicted octanol–water partition coefficient (Wildman–Crippen LogP) is 1.70. The molecule has 2 heterocycles. The molecule has 0 saturated heterocycles. The van der Waals surface area contributed by atoms with Crippen LogP contribution in [0.3, 0.4) is 0 Å². The van der Waals surface area contributed by atoms with Crippen molar-refractivity contribution in [2.24, 2.45) is 0 Å². The molecule has 2 rings (SSSR count). The van der Waals surface area contributed by atoms with E-state index in [9.17, 15) is 4.39 Å². The maximum Gasteiger partial charge on any atom is 0.321 e. The highest BCUT2D eigenvalue weighted by molar-refractivity contribution is 5.49. The summed E-state index contributed by atoms with van der Waals surface area (Å²) in [4.78, 5) is 7.86. The van der Waals surface area contributed by atoms with E-state index >= 15 is 0 Å². The molecule has 0 aliphatic heterocycles. The number of hydrogen-bond acceptors (Lipinski definition) is 5. The fraction of sp³-hybridized carbons (Fsp3) is 0.222. The number of halogens is 1. The van der Waals surface area contributed by atoms with E-state index in [2.05, 4.69) is 20.4 Å². The number of nitrogens with zero attached hydrogens (tertiary/aromatic N) is 3. The summed E-state index contributed by atoms with van der Waals surface area (Å²) >= 11 is 0. The minimum Gasteiger partial charge on any atom is -0.338 e. The molecular weight excluding hydrogens is 199 g/mol. The van der Waals surface area contributed by atoms with Gasteiger partial charge in [0.05, 0.1) is 6.20 Å². The average molecular weight is 208 g/mol. The molecule has 2 aromatic heterocycles. The lowest BCUT2D eigenvalue weighted by Gasteiger charge is -1.92. The Morgan fingerprint density at radius 1 is 1.47 bits per heavy atom. The Kier molecular flexibility index (Phi) is 2.57. The first kappa shape index (κ1) is 9.57. The average Bonchev–Trinajstić information content (AvgIpc) is 2.68. The third-order valence-corrected chi connectivity index (χ3v) is 1.71. The molecule has 0 fully saturated rings. The molecule has 0 aliphatic rings. The zero-order chi connectivity index (χ0) is 10.7. The van der Waals surface area contributed by atoms with Gasteiger partial charge in [-0.2, -0.15) is 4.98 Å². The van der Waals surface area contributed by atoms with Gasteiger partial charge >= 0.3 is 6.01 Å². The van der Waals surface area contributed by atoms with Crippen molar-refractivity contribution < 1.29 is 8.91 Å². The minimum atomic E-state index is -0.394. The maximum absolute atomic E-state index is 12.6. The van der Waals surface area contributed by atoms with Gasteiger partial charge in [0.15, 0.2) is 0 Å². The Balaban J connectivity index is 2.25. The Morgan fingerprint density at radius 3 is 3.00 bits per heavy atom. The van der Waals surface area contributed by atoms with Crippen LogP contribution in [0.1, 0.15) is 6.92 Å². The summed E-state index contributed by atoms with van der Waals surface area (Å²) in [6.45, 7) is 2.61. The lowest BCUT2D eigenvalue weighted by molar-refractivity contribution is 0.432. The van der Waals surface area contributed by atoms with Crippen molar-refractivity contribution in [2.45, 2.75) is 6.92 Å². The summed E-state index contributed by atoms with van der Waals surface area (Å²) in [5.41, 5.74) is 0.476. The van der Waals surface area contributed by atoms with Crippen LogP contribution in [-0.2, 0) is 0 Å². The van der Waals surface area contributed by atoms with Crippen molar-refractivity contribution in [3.8, 4) is 11.5 Å². The van der Waals surface area contributed by atoms with Gasteiger partial charge in [0, 0.05) is 6.54 Å². The second-order valence-corrected chi connectivity index (χ2v) is 2.82. The van der Waals surface area contributed by atoms with Crippen LogP contribution in [0.15, 0.2) is 22.9 Å². The van der Waals surface area contributed by atoms with Gasteiger partial charge in [-0.15, -0.1) is 0 Å². The van der Waals surface area contributed by atoms with E-state index in [1.807, 2.05) is 6.92 Å². The van der Waals surface area contributed by atoms with Crippen molar-refractivity contribution in [1.29, 1.82) is 0 Å². The normalized spacial score (nSPS) is 10.3. The van der Waals surface area contributed by atoms with Crippen LogP contribution >= 0.6 is 0 Å². The molecule has 0 radical (unpaired) electrons. The molecule has 0 saturated carbocycles. The van der Waals surface area contributed by atoms with Gasteiger partial charge in [-0.1, -0.05) is 5.16 Å². The van der Waals surface area contributed by atoms with Gasteiger partial charge < -0.3 is 9.84 Å². The Bertz CT molecular complexity index is 440. The molecule has 15 heavy (non-hydrogen) atoms. The van der Waals surface area contributed by atoms with Crippen molar-refractivity contribution in [1.82, 2.24) is 15.1 Å². The molecule has 0 aliphatic carbocycles. The number of aromatic nitrogens is 3. The molecule has 1 N–H and O–H groups in total. The number of nitrogens with one attached hydrogen (secondary N) is 1. The number of rotatable bonds is 3. The second kappa shape index (κ2) is 4.04. The molecule has 5 nitrogen and oxygen atoms in total. The standard InChI is InChI=1S/C9H9FN4O/c1-2-11-9-13-8(14-15-9)7-4-3-6(10)5-12-7/h3-5H,2H2,1H3,(H,11,13,14). The first-order valence-electron chi connectivity index (χ1n) is 4.49. The minimum absolute atomic E-state index is 0.332. The Morgan fingerprint density at radius 2 is 2.33 bits per heavy atom. The zero-order valence-electron chi connectivity index (χ0n) is 8.07. The maximum atomic E-state index is 12.6. The number of pyridine rings is 1. The molecule has 0 atom stereocenters. The summed E-state index contributed by atoms with van der Waals surface area (Å²) in [5, 5.41) is 6.57. The third kappa shape index (κ3) is 2.09. The van der Waals surface area contributed by atoms with Crippen LogP contribution in [0.5, 0.6) is 0 Å². The van der Waals surface area contributed by atoms with Crippen LogP contribution in [0.25, 0.3) is 11.5 Å². The largest absolute Gasteiger partial charge is 0.338 e. The van der Waals surface area contributed by atoms with Crippen LogP contribution in [-0.4, -0.2) is 21.7 Å². The third-order valence-electron chi connectivity index (χ3n) is 1.71. The second-order valence-electron chi connectivity index (χ2n) is 2.82. The van der Waals surface area contributed by atoms with E-state index < -0.39 is 5.82 Å². The first-order chi connectivity index (χ1) is 7.29. The molecule has 0 aromatic carbocycles. The lowest BCUT2D eigenvalue weighted by Crippen LogP contribution is -1.96. The summed E-state index contributed by atoms with van der Waals surface area (Å²) < 4.78 is 17.5. The van der Waals surface area contributed by atoms with Crippen molar-refractivity contribution in [3.63, 3.8) is 0 Å². The lowest BCUT2D eigenvalue weighted by atomic mass is 10.3. The highest BCUT2D eigenvalue weighted by Crippen LogP contribution is 2.14. The Hall–Kier alpha value is -1.98. The van der Waals surface area contributed by atoms with Crippen molar-refractivity contribution in [3.05, 3.63) is 24.1 Å². The topological polar surface area (TPSA) is 63.8 Å². The van der Waals surface area contributed by atoms with E-state index in [-0.39, 0.29) is 0 Å². The first-order valence-corrected chi connectivity index (χ1v) is 4.49. The summed E-state index contributed by atoms with van der Waals surface area (Å²) in [7, 11) is 0. The fourth-order valence-corrected chi connectivity index (χ4v) is 1.06. The van der Waals surface area contributed by atoms with Crippen LogP contribution in [0.4, 0.5) is 10.4 Å². The van der Waals surface area contributed by atoms with E-state index in [1.54, 1.807) is 0 Å². The van der Waals surface area contributed by atoms with Gasteiger partial charge in [-0.05, 0) is 19.1 Å². The van der Waals surface area contributed by atoms with Gasteiger partial charge in [0.25, 0.3) is 0 Å². The smallest absolute Gasteiger partial charge is 0.321 e. The van der Waals surface area contributed by atoms with Gasteiger partial charge in [0.2, 0.25) is 5.82 Å². The van der Waals surface area contributed by atoms with E-state index in [0.717, 1.165) is 6.20 Å². The molecule has 0 unspecified atom stereocenters. The summed E-state index contributed by atoms with van der Waals surface area (Å²) in [6, 6.07) is 3.13. The van der Waals surface area contributed by atoms with E-state index in [0.29, 0.717) is 24.1 Å². The SMILES string of the molecule is CCNc1nc(-c2ccc(F)cn2)no1. The highest BCUT2D eigenvalue weighted by atomic mass is 19.1. The van der Waals surface area contributed by atoms with Crippen molar-refractivity contribution in [2.75, 3.05) is 11.9 Å². The van der Waals surface area contributed by atoms with Gasteiger partial charge in [0.1, 0.15) is 11.5 Å². The quantitative estimate of drug-likeness (QED) is 0.831. The van der Waals surface area contributed by atoms with Gasteiger partial charge in [-0.25, -0.2) is 9.37 Å². The highest BCUT2D eigenvalue weighted by Gasteiger charge is 2.08. The zero-order valence-corrected chi connectivity index (χ0v) is 8.07. The predicted molar refractivity (Wildman–Crippen MR) is 51.7 cm³/mol. The molecule has 0 amide bonds. The van der Waals surface area contributed by atoms with E-state index in [4.69, 9.17) is 4.52 Å². The van der Waals surface area contributed by atoms with Gasteiger partial charge in [-0.3, -0.25) is 0 Å². The monoisotopic (exact) mass is 208 g/mol. The number of hydrogen-bond donors (Lipinski definition) is 1. The van der Waals surface area contributed by atoms with E-state index in [1.165, 1.54) is 12.1 Å². The summed E-state index contributed by atoms with van der Waals surface area (Å²) in [5.74, 6) is -0.0555. The summed E-state index contributed by atoms with van der Waals surface area (Å²) in [6.07, 6.45) is 1.11. The molecule has 0 bridgehead atoms. The van der Waals surface area contributed by atoms with Crippen LogP contribution in [0.2, 0.25) is 0 Å². The Labute approximate surface area is 85.3 Å². The molecule has 2 aromatic rings. The van der Waals surface area contributed by atoms with Crippen LogP contribution in [0, 0.1) is 5.82 Å². The molecule has 6 heteroatoms. The molecular formula is C9H9FN4O. The fourth-order valence-electron chi connectivity index (χ4n) is 1.06. The van der Waals surface area contributed by atoms with Crippen LogP contribution < -0.4 is 5.32 Å². The number of anilines is 1.